The van der Waals surface area contributed by atoms with Gasteiger partial charge in [0.05, 0.1) is 24.5 Å². The van der Waals surface area contributed by atoms with Crippen LogP contribution < -0.4 is 10.9 Å². The van der Waals surface area contributed by atoms with Crippen LogP contribution in [-0.4, -0.2) is 28.5 Å². The summed E-state index contributed by atoms with van der Waals surface area (Å²) in [5, 5.41) is 3.15. The predicted molar refractivity (Wildman–Crippen MR) is 123 cm³/mol. The van der Waals surface area contributed by atoms with E-state index in [0.717, 1.165) is 20.9 Å². The van der Waals surface area contributed by atoms with Crippen molar-refractivity contribution in [1.29, 1.82) is 0 Å². The molecule has 0 saturated carbocycles. The number of carbonyl (C=O) groups is 2. The van der Waals surface area contributed by atoms with E-state index in [1.807, 2.05) is 43.3 Å². The van der Waals surface area contributed by atoms with Gasteiger partial charge in [-0.25, -0.2) is 9.78 Å². The molecule has 31 heavy (non-hydrogen) atoms. The van der Waals surface area contributed by atoms with E-state index in [2.05, 4.69) is 10.3 Å². The number of ether oxygens (including phenoxy) is 1. The Morgan fingerprint density at radius 1 is 1.16 bits per heavy atom. The number of rotatable bonds is 5. The van der Waals surface area contributed by atoms with E-state index in [1.165, 1.54) is 40.7 Å². The standard InChI is InChI=1S/C22H19N3O4S2/c1-12-13(2)30-20(18(12)22(28)29-3)24-17(26)10-25-11-23-15-9-16(31-19(15)21(25)27)14-7-5-4-6-8-14/h4-9,11H,10H2,1-3H3,(H,24,26). The molecular weight excluding hydrogens is 434 g/mol. The number of hydrogen-bond donors (Lipinski definition) is 1. The van der Waals surface area contributed by atoms with E-state index in [0.29, 0.717) is 20.8 Å². The molecule has 3 aromatic heterocycles. The summed E-state index contributed by atoms with van der Waals surface area (Å²) in [6, 6.07) is 11.6. The fourth-order valence-corrected chi connectivity index (χ4v) is 5.32. The molecule has 0 radical (unpaired) electrons. The van der Waals surface area contributed by atoms with E-state index in [9.17, 15) is 14.4 Å². The van der Waals surface area contributed by atoms with Crippen LogP contribution in [0.4, 0.5) is 5.00 Å². The number of esters is 1. The molecule has 1 aromatic carbocycles. The lowest BCUT2D eigenvalue weighted by Gasteiger charge is -2.07. The van der Waals surface area contributed by atoms with E-state index >= 15 is 0 Å². The number of aryl methyl sites for hydroxylation is 1. The summed E-state index contributed by atoms with van der Waals surface area (Å²) in [5.41, 5.74) is 2.43. The van der Waals surface area contributed by atoms with Gasteiger partial charge in [-0.15, -0.1) is 22.7 Å². The monoisotopic (exact) mass is 453 g/mol. The van der Waals surface area contributed by atoms with E-state index < -0.39 is 11.9 Å². The van der Waals surface area contributed by atoms with Crippen molar-refractivity contribution in [2.24, 2.45) is 0 Å². The van der Waals surface area contributed by atoms with Gasteiger partial charge in [-0.3, -0.25) is 14.2 Å². The van der Waals surface area contributed by atoms with Crippen LogP contribution in [0.1, 0.15) is 20.8 Å². The average molecular weight is 454 g/mol. The minimum atomic E-state index is -0.510. The molecule has 0 aliphatic carbocycles. The van der Waals surface area contributed by atoms with Crippen LogP contribution >= 0.6 is 22.7 Å². The van der Waals surface area contributed by atoms with Crippen LogP contribution in [0.2, 0.25) is 0 Å². The highest BCUT2D eigenvalue weighted by Gasteiger charge is 2.22. The first-order valence-electron chi connectivity index (χ1n) is 9.41. The fraction of sp³-hybridized carbons (Fsp3) is 0.182. The van der Waals surface area contributed by atoms with Crippen LogP contribution in [0.5, 0.6) is 0 Å². The quantitative estimate of drug-likeness (QED) is 0.457. The second-order valence-electron chi connectivity index (χ2n) is 6.90. The molecule has 4 rings (SSSR count). The van der Waals surface area contributed by atoms with Crippen LogP contribution in [0.25, 0.3) is 20.7 Å². The van der Waals surface area contributed by atoms with Crippen molar-refractivity contribution in [3.05, 3.63) is 69.1 Å². The Balaban J connectivity index is 1.60. The zero-order chi connectivity index (χ0) is 22.1. The number of carbonyl (C=O) groups excluding carboxylic acids is 2. The van der Waals surface area contributed by atoms with Gasteiger partial charge in [0.1, 0.15) is 16.2 Å². The molecule has 4 aromatic rings. The molecule has 0 bridgehead atoms. The Kier molecular flexibility index (Phi) is 5.71. The zero-order valence-electron chi connectivity index (χ0n) is 17.1. The number of fused-ring (bicyclic) bond motifs is 1. The Bertz CT molecular complexity index is 1350. The summed E-state index contributed by atoms with van der Waals surface area (Å²) in [5.74, 6) is -0.932. The number of nitrogens with zero attached hydrogens (tertiary/aromatic N) is 2. The van der Waals surface area contributed by atoms with Crippen LogP contribution in [0, 0.1) is 13.8 Å². The number of nitrogens with one attached hydrogen (secondary N) is 1. The average Bonchev–Trinajstić information content (AvgIpc) is 3.32. The molecule has 0 atom stereocenters. The highest BCUT2D eigenvalue weighted by molar-refractivity contribution is 7.22. The first-order valence-corrected chi connectivity index (χ1v) is 11.0. The summed E-state index contributed by atoms with van der Waals surface area (Å²) >= 11 is 2.65. The summed E-state index contributed by atoms with van der Waals surface area (Å²) < 4.78 is 6.59. The molecule has 9 heteroatoms. The topological polar surface area (TPSA) is 90.3 Å². The Morgan fingerprint density at radius 2 is 1.90 bits per heavy atom. The normalized spacial score (nSPS) is 10.9. The molecule has 0 aliphatic heterocycles. The van der Waals surface area contributed by atoms with Gasteiger partial charge in [0.25, 0.3) is 5.56 Å². The number of benzene rings is 1. The molecule has 0 fully saturated rings. The first-order chi connectivity index (χ1) is 14.9. The molecule has 3 heterocycles. The summed E-state index contributed by atoms with van der Waals surface area (Å²) in [4.78, 5) is 43.9. The van der Waals surface area contributed by atoms with Gasteiger partial charge < -0.3 is 10.1 Å². The minimum absolute atomic E-state index is 0.211. The van der Waals surface area contributed by atoms with Crippen LogP contribution in [0.3, 0.4) is 0 Å². The minimum Gasteiger partial charge on any atom is -0.465 e. The van der Waals surface area contributed by atoms with Crippen molar-refractivity contribution in [3.63, 3.8) is 0 Å². The molecule has 158 valence electrons. The van der Waals surface area contributed by atoms with Crippen LogP contribution in [-0.2, 0) is 16.1 Å². The Hall–Kier alpha value is -3.30. The number of thiophene rings is 2. The largest absolute Gasteiger partial charge is 0.465 e. The maximum Gasteiger partial charge on any atom is 0.341 e. The smallest absolute Gasteiger partial charge is 0.341 e. The number of aromatic nitrogens is 2. The third kappa shape index (κ3) is 4.01. The summed E-state index contributed by atoms with van der Waals surface area (Å²) in [6.07, 6.45) is 1.37. The highest BCUT2D eigenvalue weighted by atomic mass is 32.1. The van der Waals surface area contributed by atoms with Crippen molar-refractivity contribution in [1.82, 2.24) is 9.55 Å². The van der Waals surface area contributed by atoms with Crippen molar-refractivity contribution in [3.8, 4) is 10.4 Å². The van der Waals surface area contributed by atoms with Crippen molar-refractivity contribution >= 4 is 49.8 Å². The van der Waals surface area contributed by atoms with Gasteiger partial charge in [0.2, 0.25) is 5.91 Å². The summed E-state index contributed by atoms with van der Waals surface area (Å²) in [7, 11) is 1.30. The third-order valence-electron chi connectivity index (χ3n) is 4.90. The molecule has 0 aliphatic rings. The molecule has 1 N–H and O–H groups in total. The van der Waals surface area contributed by atoms with Gasteiger partial charge in [0.15, 0.2) is 0 Å². The number of amides is 1. The third-order valence-corrected chi connectivity index (χ3v) is 7.19. The van der Waals surface area contributed by atoms with Gasteiger partial charge in [-0.05, 0) is 31.0 Å². The number of methoxy groups -OCH3 is 1. The molecule has 0 saturated heterocycles. The Morgan fingerprint density at radius 3 is 2.61 bits per heavy atom. The first kappa shape index (κ1) is 21.0. The SMILES string of the molecule is COC(=O)c1c(NC(=O)Cn2cnc3cc(-c4ccccc4)sc3c2=O)sc(C)c1C. The highest BCUT2D eigenvalue weighted by Crippen LogP contribution is 2.33. The second-order valence-corrected chi connectivity index (χ2v) is 9.17. The van der Waals surface area contributed by atoms with Crippen molar-refractivity contribution < 1.29 is 14.3 Å². The number of anilines is 1. The van der Waals surface area contributed by atoms with E-state index in [1.54, 1.807) is 6.92 Å². The Labute approximate surface area is 185 Å². The van der Waals surface area contributed by atoms with E-state index in [4.69, 9.17) is 4.74 Å². The van der Waals surface area contributed by atoms with Gasteiger partial charge in [-0.1, -0.05) is 30.3 Å². The molecule has 1 amide bonds. The maximum atomic E-state index is 12.9. The lowest BCUT2D eigenvalue weighted by Crippen LogP contribution is -2.27. The fourth-order valence-electron chi connectivity index (χ4n) is 3.19. The maximum absolute atomic E-state index is 12.9. The lowest BCUT2D eigenvalue weighted by molar-refractivity contribution is -0.116. The molecule has 0 spiro atoms. The zero-order valence-corrected chi connectivity index (χ0v) is 18.7. The van der Waals surface area contributed by atoms with Gasteiger partial charge >= 0.3 is 5.97 Å². The molecule has 0 unspecified atom stereocenters. The summed E-state index contributed by atoms with van der Waals surface area (Å²) in [6.45, 7) is 3.46. The van der Waals surface area contributed by atoms with Gasteiger partial charge in [0, 0.05) is 9.75 Å². The van der Waals surface area contributed by atoms with Crippen molar-refractivity contribution in [2.45, 2.75) is 20.4 Å². The van der Waals surface area contributed by atoms with E-state index in [-0.39, 0.29) is 12.1 Å². The predicted octanol–water partition coefficient (Wildman–Crippen LogP) is 4.23. The second kappa shape index (κ2) is 8.44. The van der Waals surface area contributed by atoms with Gasteiger partial charge in [-0.2, -0.15) is 0 Å². The van der Waals surface area contributed by atoms with Crippen molar-refractivity contribution in [2.75, 3.05) is 12.4 Å². The van der Waals surface area contributed by atoms with Crippen LogP contribution in [0.15, 0.2) is 47.5 Å². The molecular formula is C22H19N3O4S2. The lowest BCUT2D eigenvalue weighted by atomic mass is 10.1. The molecule has 7 nitrogen and oxygen atoms in total. The number of hydrogen-bond acceptors (Lipinski definition) is 7.